The maximum absolute atomic E-state index is 10.7. The van der Waals surface area contributed by atoms with Gasteiger partial charge in [-0.15, -0.1) is 0 Å². The minimum absolute atomic E-state index is 0.433. The highest BCUT2D eigenvalue weighted by atomic mass is 35.5. The van der Waals surface area contributed by atoms with Gasteiger partial charge in [-0.05, 0) is 23.1 Å². The van der Waals surface area contributed by atoms with Gasteiger partial charge in [-0.1, -0.05) is 61.8 Å². The number of halogens is 1. The van der Waals surface area contributed by atoms with Crippen molar-refractivity contribution in [2.75, 3.05) is 0 Å². The fraction of sp³-hybridized carbons (Fsp3) is 0.188. The molecule has 92 valence electrons. The third kappa shape index (κ3) is 2.46. The Hall–Kier alpha value is -1.60. The lowest BCUT2D eigenvalue weighted by molar-refractivity contribution is 0.112. The lowest BCUT2D eigenvalue weighted by atomic mass is 9.92. The van der Waals surface area contributed by atoms with Crippen molar-refractivity contribution >= 4 is 17.9 Å². The van der Waals surface area contributed by atoms with Crippen LogP contribution in [0.25, 0.3) is 11.1 Å². The van der Waals surface area contributed by atoms with E-state index in [1.165, 1.54) is 5.56 Å². The van der Waals surface area contributed by atoms with Crippen molar-refractivity contribution in [2.45, 2.75) is 19.8 Å². The van der Waals surface area contributed by atoms with Crippen LogP contribution in [0.1, 0.15) is 35.7 Å². The molecule has 0 fully saturated rings. The SMILES string of the molecule is CC(C)c1ccccc1-c1ccc(C=O)cc1Cl. The van der Waals surface area contributed by atoms with Crippen molar-refractivity contribution in [1.82, 2.24) is 0 Å². The number of rotatable bonds is 3. The molecule has 0 bridgehead atoms. The minimum atomic E-state index is 0.433. The maximum atomic E-state index is 10.7. The number of carbonyl (C=O) groups excluding carboxylic acids is 1. The quantitative estimate of drug-likeness (QED) is 0.713. The van der Waals surface area contributed by atoms with E-state index < -0.39 is 0 Å². The van der Waals surface area contributed by atoms with Crippen LogP contribution in [-0.4, -0.2) is 6.29 Å². The topological polar surface area (TPSA) is 17.1 Å². The van der Waals surface area contributed by atoms with Crippen LogP contribution >= 0.6 is 11.6 Å². The summed E-state index contributed by atoms with van der Waals surface area (Å²) >= 11 is 6.26. The molecule has 0 radical (unpaired) electrons. The molecule has 2 heteroatoms. The van der Waals surface area contributed by atoms with Crippen LogP contribution in [0.15, 0.2) is 42.5 Å². The lowest BCUT2D eigenvalue weighted by Gasteiger charge is -2.14. The Kier molecular flexibility index (Phi) is 3.83. The Morgan fingerprint density at radius 3 is 2.39 bits per heavy atom. The first kappa shape index (κ1) is 12.8. The van der Waals surface area contributed by atoms with Crippen molar-refractivity contribution in [1.29, 1.82) is 0 Å². The van der Waals surface area contributed by atoms with Crippen LogP contribution in [0.3, 0.4) is 0 Å². The van der Waals surface area contributed by atoms with Crippen molar-refractivity contribution in [3.05, 3.63) is 58.6 Å². The summed E-state index contributed by atoms with van der Waals surface area (Å²) in [4.78, 5) is 10.7. The Balaban J connectivity index is 2.58. The van der Waals surface area contributed by atoms with Crippen LogP contribution in [0, 0.1) is 0 Å². The van der Waals surface area contributed by atoms with Crippen LogP contribution in [0.2, 0.25) is 5.02 Å². The van der Waals surface area contributed by atoms with Gasteiger partial charge in [0, 0.05) is 16.1 Å². The van der Waals surface area contributed by atoms with Gasteiger partial charge in [-0.3, -0.25) is 4.79 Å². The van der Waals surface area contributed by atoms with E-state index in [4.69, 9.17) is 11.6 Å². The monoisotopic (exact) mass is 258 g/mol. The minimum Gasteiger partial charge on any atom is -0.298 e. The molecule has 0 unspecified atom stereocenters. The Morgan fingerprint density at radius 1 is 1.06 bits per heavy atom. The zero-order valence-corrected chi connectivity index (χ0v) is 11.2. The van der Waals surface area contributed by atoms with E-state index >= 15 is 0 Å². The standard InChI is InChI=1S/C16H15ClO/c1-11(2)13-5-3-4-6-14(13)15-8-7-12(10-18)9-16(15)17/h3-11H,1-2H3. The fourth-order valence-corrected chi connectivity index (χ4v) is 2.36. The molecule has 0 aromatic heterocycles. The highest BCUT2D eigenvalue weighted by Gasteiger charge is 2.10. The molecule has 0 aliphatic carbocycles. The second kappa shape index (κ2) is 5.36. The third-order valence-electron chi connectivity index (χ3n) is 3.00. The first-order chi connectivity index (χ1) is 8.63. The molecule has 2 aromatic carbocycles. The van der Waals surface area contributed by atoms with Gasteiger partial charge in [-0.25, -0.2) is 0 Å². The summed E-state index contributed by atoms with van der Waals surface area (Å²) in [5, 5.41) is 0.618. The van der Waals surface area contributed by atoms with E-state index in [-0.39, 0.29) is 0 Å². The highest BCUT2D eigenvalue weighted by Crippen LogP contribution is 2.34. The van der Waals surface area contributed by atoms with Gasteiger partial charge in [-0.2, -0.15) is 0 Å². The van der Waals surface area contributed by atoms with E-state index in [0.717, 1.165) is 17.4 Å². The largest absolute Gasteiger partial charge is 0.298 e. The van der Waals surface area contributed by atoms with Crippen molar-refractivity contribution in [2.24, 2.45) is 0 Å². The Bertz CT molecular complexity index is 573. The van der Waals surface area contributed by atoms with Crippen LogP contribution in [-0.2, 0) is 0 Å². The van der Waals surface area contributed by atoms with E-state index in [1.54, 1.807) is 12.1 Å². The molecule has 1 nitrogen and oxygen atoms in total. The van der Waals surface area contributed by atoms with Gasteiger partial charge < -0.3 is 0 Å². The predicted molar refractivity (Wildman–Crippen MR) is 76.4 cm³/mol. The molecular weight excluding hydrogens is 244 g/mol. The van der Waals surface area contributed by atoms with Crippen LogP contribution in [0.4, 0.5) is 0 Å². The van der Waals surface area contributed by atoms with Gasteiger partial charge >= 0.3 is 0 Å². The van der Waals surface area contributed by atoms with E-state index in [0.29, 0.717) is 16.5 Å². The van der Waals surface area contributed by atoms with Gasteiger partial charge in [0.1, 0.15) is 6.29 Å². The van der Waals surface area contributed by atoms with Crippen molar-refractivity contribution in [3.63, 3.8) is 0 Å². The average Bonchev–Trinajstić information content (AvgIpc) is 2.38. The summed E-state index contributed by atoms with van der Waals surface area (Å²) in [6, 6.07) is 13.6. The smallest absolute Gasteiger partial charge is 0.150 e. The molecule has 18 heavy (non-hydrogen) atoms. The first-order valence-corrected chi connectivity index (χ1v) is 6.35. The molecule has 0 aliphatic rings. The summed E-state index contributed by atoms with van der Waals surface area (Å²) in [6.45, 7) is 4.32. The van der Waals surface area contributed by atoms with Gasteiger partial charge in [0.15, 0.2) is 0 Å². The van der Waals surface area contributed by atoms with E-state index in [1.807, 2.05) is 18.2 Å². The molecular formula is C16H15ClO. The normalized spacial score (nSPS) is 10.7. The average molecular weight is 259 g/mol. The van der Waals surface area contributed by atoms with Crippen molar-refractivity contribution < 1.29 is 4.79 Å². The molecule has 0 spiro atoms. The molecule has 0 amide bonds. The maximum Gasteiger partial charge on any atom is 0.150 e. The molecule has 0 saturated heterocycles. The van der Waals surface area contributed by atoms with Gasteiger partial charge in [0.25, 0.3) is 0 Å². The number of aldehydes is 1. The number of carbonyl (C=O) groups is 1. The molecule has 0 N–H and O–H groups in total. The summed E-state index contributed by atoms with van der Waals surface area (Å²) < 4.78 is 0. The molecule has 0 aliphatic heterocycles. The summed E-state index contributed by atoms with van der Waals surface area (Å²) in [7, 11) is 0. The van der Waals surface area contributed by atoms with Crippen LogP contribution in [0.5, 0.6) is 0 Å². The number of hydrogen-bond donors (Lipinski definition) is 0. The highest BCUT2D eigenvalue weighted by molar-refractivity contribution is 6.33. The molecule has 0 heterocycles. The Labute approximate surface area is 112 Å². The van der Waals surface area contributed by atoms with E-state index in [2.05, 4.69) is 26.0 Å². The second-order valence-electron chi connectivity index (χ2n) is 4.60. The molecule has 0 saturated carbocycles. The van der Waals surface area contributed by atoms with Crippen LogP contribution < -0.4 is 0 Å². The summed E-state index contributed by atoms with van der Waals surface area (Å²) in [6.07, 6.45) is 0.810. The molecule has 0 atom stereocenters. The third-order valence-corrected chi connectivity index (χ3v) is 3.31. The van der Waals surface area contributed by atoms with E-state index in [9.17, 15) is 4.79 Å². The summed E-state index contributed by atoms with van der Waals surface area (Å²) in [5.41, 5.74) is 3.98. The van der Waals surface area contributed by atoms with Gasteiger partial charge in [0.05, 0.1) is 0 Å². The fourth-order valence-electron chi connectivity index (χ4n) is 2.07. The zero-order valence-electron chi connectivity index (χ0n) is 10.5. The molecule has 2 rings (SSSR count). The predicted octanol–water partition coefficient (Wildman–Crippen LogP) is 4.94. The van der Waals surface area contributed by atoms with Crippen molar-refractivity contribution in [3.8, 4) is 11.1 Å². The summed E-state index contributed by atoms with van der Waals surface area (Å²) in [5.74, 6) is 0.433. The number of benzene rings is 2. The lowest BCUT2D eigenvalue weighted by Crippen LogP contribution is -1.93. The first-order valence-electron chi connectivity index (χ1n) is 5.97. The number of hydrogen-bond acceptors (Lipinski definition) is 1. The second-order valence-corrected chi connectivity index (χ2v) is 5.01. The zero-order chi connectivity index (χ0) is 13.1. The Morgan fingerprint density at radius 2 is 1.78 bits per heavy atom. The van der Waals surface area contributed by atoms with Gasteiger partial charge in [0.2, 0.25) is 0 Å². The molecule has 2 aromatic rings.